The molecule has 2 aromatic carbocycles. The number of carboxylic acid groups (broad SMARTS) is 3. The maximum Gasteiger partial charge on any atom is 2.00 e. The molecule has 4 aromatic rings. The monoisotopic (exact) mass is 1160 g/mol. The van der Waals surface area contributed by atoms with Gasteiger partial charge in [0.25, 0.3) is 0 Å². The number of hydrogen-bond acceptors (Lipinski definition) is 12. The molecule has 0 radical (unpaired) electrons. The Kier molecular flexibility index (Phi) is 29.6. The van der Waals surface area contributed by atoms with E-state index < -0.39 is 17.9 Å². The molecule has 0 spiro atoms. The summed E-state index contributed by atoms with van der Waals surface area (Å²) in [5.74, 6) is -3.26. The maximum absolute atomic E-state index is 14.3. The van der Waals surface area contributed by atoms with E-state index in [1.54, 1.807) is 52.5 Å². The number of nitrogens with one attached hydrogen (secondary N) is 1. The summed E-state index contributed by atoms with van der Waals surface area (Å²) >= 11 is 0. The third kappa shape index (κ3) is 22.0. The average Bonchev–Trinajstić information content (AvgIpc) is 3.65. The Morgan fingerprint density at radius 2 is 1.10 bits per heavy atom. The molecule has 0 atom stereocenters. The Morgan fingerprint density at radius 1 is 0.556 bits per heavy atom. The summed E-state index contributed by atoms with van der Waals surface area (Å²) in [5.41, 5.74) is 4.01. The molecule has 2 aromatic heterocycles. The van der Waals surface area contributed by atoms with Crippen molar-refractivity contribution < 1.29 is 58.7 Å². The number of unbranched alkanes of at least 4 members (excludes halogenated alkanes) is 18. The quantitative estimate of drug-likeness (QED) is 0.0137. The van der Waals surface area contributed by atoms with E-state index in [-0.39, 0.29) is 79.3 Å². The number of aromatic hydroxyl groups is 1. The first kappa shape index (κ1) is 65.8. The van der Waals surface area contributed by atoms with Gasteiger partial charge in [0.2, 0.25) is 0 Å². The van der Waals surface area contributed by atoms with Crippen LogP contribution in [0.15, 0.2) is 100 Å². The molecule has 0 unspecified atom stereocenters. The summed E-state index contributed by atoms with van der Waals surface area (Å²) < 4.78 is 6.89. The van der Waals surface area contributed by atoms with Crippen LogP contribution in [0.1, 0.15) is 175 Å². The molecule has 1 aliphatic carbocycles. The van der Waals surface area contributed by atoms with Gasteiger partial charge < -0.3 is 30.2 Å². The van der Waals surface area contributed by atoms with Crippen LogP contribution in [0.3, 0.4) is 0 Å². The fraction of sp³-hybridized carbons (Fsp3) is 0.508. The standard InChI is InChI=1S/C65H88N6O9.Zn/c1-3-5-7-9-11-13-15-17-19-25-39-70(47-60(74)75)45-56-58(72)33-31-53-62(54-32-34-59(73)57(64(54)80-63(53)56)46-71(48-61(76)77)40-26-20-18-16-14-12-10-8-6-4-2)55-43-50(29-30-52(55)65(78)79)68-38-42-69(44-51-28-22-24-37-67-51)41-35-49-27-21-23-36-66-49;/h21-24,27-34,36-37,43,68,72H,3-20,25-26,35,38-42,44-48H2,1-2H3,(H,74,75)(H,76,77)(H,78,79);/q;+2. The Labute approximate surface area is 492 Å². The molecule has 432 valence electrons. The van der Waals surface area contributed by atoms with E-state index in [4.69, 9.17) is 4.42 Å². The summed E-state index contributed by atoms with van der Waals surface area (Å²) in [4.78, 5) is 67.4. The van der Waals surface area contributed by atoms with E-state index in [0.29, 0.717) is 66.1 Å². The van der Waals surface area contributed by atoms with Crippen LogP contribution in [0.5, 0.6) is 5.75 Å². The van der Waals surface area contributed by atoms with Crippen molar-refractivity contribution in [2.24, 2.45) is 0 Å². The minimum absolute atomic E-state index is 0. The van der Waals surface area contributed by atoms with Crippen molar-refractivity contribution in [3.05, 3.63) is 130 Å². The molecule has 2 aliphatic rings. The van der Waals surface area contributed by atoms with Gasteiger partial charge in [-0.25, -0.2) is 4.79 Å². The number of phenols is 1. The number of rotatable bonds is 41. The van der Waals surface area contributed by atoms with Crippen molar-refractivity contribution in [1.29, 1.82) is 0 Å². The van der Waals surface area contributed by atoms with Crippen molar-refractivity contribution in [2.75, 3.05) is 51.1 Å². The number of phenolic OH excluding ortho intramolecular Hbond substituents is 1. The van der Waals surface area contributed by atoms with Crippen LogP contribution < -0.4 is 10.7 Å². The predicted octanol–water partition coefficient (Wildman–Crippen LogP) is 13.5. The van der Waals surface area contributed by atoms with Crippen LogP contribution in [0.25, 0.3) is 33.4 Å². The average molecular weight is 1160 g/mol. The zero-order chi connectivity index (χ0) is 56.9. The number of nitrogens with zero attached hydrogens (tertiary/aromatic N) is 5. The number of aromatic carboxylic acids is 1. The minimum atomic E-state index is -1.18. The van der Waals surface area contributed by atoms with Gasteiger partial charge in [0, 0.05) is 86.0 Å². The largest absolute Gasteiger partial charge is 2.00 e. The molecule has 6 rings (SSSR count). The Balaban J connectivity index is 0.0000120. The van der Waals surface area contributed by atoms with Gasteiger partial charge in [-0.05, 0) is 98.2 Å². The summed E-state index contributed by atoms with van der Waals surface area (Å²) in [6.07, 6.45) is 26.6. The second kappa shape index (κ2) is 36.4. The number of aromatic nitrogens is 2. The molecule has 16 heteroatoms. The molecule has 1 aliphatic heterocycles. The van der Waals surface area contributed by atoms with Crippen LogP contribution in [0.4, 0.5) is 5.69 Å². The van der Waals surface area contributed by atoms with Crippen molar-refractivity contribution in [3.8, 4) is 28.2 Å². The van der Waals surface area contributed by atoms with E-state index in [2.05, 4.69) is 34.0 Å². The number of hydrogen-bond donors (Lipinski definition) is 5. The topological polar surface area (TPSA) is 210 Å². The van der Waals surface area contributed by atoms with Crippen molar-refractivity contribution >= 4 is 34.6 Å². The summed E-state index contributed by atoms with van der Waals surface area (Å²) in [6.45, 7) is 7.04. The van der Waals surface area contributed by atoms with Gasteiger partial charge >= 0.3 is 37.4 Å². The van der Waals surface area contributed by atoms with Gasteiger partial charge in [-0.3, -0.25) is 39.1 Å². The number of carboxylic acids is 3. The molecule has 15 nitrogen and oxygen atoms in total. The second-order valence-electron chi connectivity index (χ2n) is 21.6. The number of benzene rings is 3. The van der Waals surface area contributed by atoms with Crippen LogP contribution in [-0.2, 0) is 55.1 Å². The van der Waals surface area contributed by atoms with Gasteiger partial charge in [-0.15, -0.1) is 0 Å². The van der Waals surface area contributed by atoms with Crippen LogP contribution >= 0.6 is 0 Å². The van der Waals surface area contributed by atoms with E-state index in [9.17, 15) is 39.6 Å². The minimum Gasteiger partial charge on any atom is -0.507 e. The van der Waals surface area contributed by atoms with Gasteiger partial charge in [0.1, 0.15) is 17.1 Å². The fourth-order valence-corrected chi connectivity index (χ4v) is 10.8. The maximum atomic E-state index is 14.3. The normalized spacial score (nSPS) is 11.5. The van der Waals surface area contributed by atoms with E-state index in [0.717, 1.165) is 75.7 Å². The van der Waals surface area contributed by atoms with Crippen molar-refractivity contribution in [1.82, 2.24) is 24.7 Å². The van der Waals surface area contributed by atoms with Gasteiger partial charge in [0.05, 0.1) is 35.5 Å². The molecular formula is C65H88N6O9Zn+2. The first-order chi connectivity index (χ1) is 38.9. The Bertz CT molecular complexity index is 2850. The fourth-order valence-electron chi connectivity index (χ4n) is 10.8. The Morgan fingerprint density at radius 3 is 1.63 bits per heavy atom. The van der Waals surface area contributed by atoms with Crippen LogP contribution in [0, 0.1) is 0 Å². The Hall–Kier alpha value is -6.06. The molecule has 0 saturated heterocycles. The zero-order valence-electron chi connectivity index (χ0n) is 48.4. The zero-order valence-corrected chi connectivity index (χ0v) is 51.3. The second-order valence-corrected chi connectivity index (χ2v) is 21.6. The third-order valence-corrected chi connectivity index (χ3v) is 15.1. The third-order valence-electron chi connectivity index (χ3n) is 15.1. The summed E-state index contributed by atoms with van der Waals surface area (Å²) in [6, 6.07) is 23.1. The molecular weight excluding hydrogens is 1070 g/mol. The van der Waals surface area contributed by atoms with Crippen LogP contribution in [-0.4, -0.2) is 109 Å². The van der Waals surface area contributed by atoms with Gasteiger partial charge in [-0.2, -0.15) is 0 Å². The molecule has 0 fully saturated rings. The number of fused-ring (bicyclic) bond motifs is 2. The first-order valence-electron chi connectivity index (χ1n) is 29.7. The molecule has 81 heavy (non-hydrogen) atoms. The summed E-state index contributed by atoms with van der Waals surface area (Å²) in [5, 5.41) is 47.0. The molecule has 3 heterocycles. The first-order valence-corrected chi connectivity index (χ1v) is 29.7. The SMILES string of the molecule is CCCCCCCCCCCCN(CC(=O)O)Cc1c2oc3c(CN(CCCCCCCCCCCC)CC(=O)O)c(O)ccc3c(-c3cc(NCCN(CCc4ccccn4)Cc4ccccn4)ccc3C(=O)O)c-2ccc1=O.[Zn+2]. The van der Waals surface area contributed by atoms with E-state index in [1.807, 2.05) is 36.4 Å². The number of aliphatic carboxylic acids is 2. The van der Waals surface area contributed by atoms with Crippen molar-refractivity contribution in [3.63, 3.8) is 0 Å². The van der Waals surface area contributed by atoms with Gasteiger partial charge in [0.15, 0.2) is 5.43 Å². The number of carbonyl (C=O) groups is 3. The molecule has 5 N–H and O–H groups in total. The van der Waals surface area contributed by atoms with Crippen molar-refractivity contribution in [2.45, 2.75) is 168 Å². The van der Waals surface area contributed by atoms with E-state index in [1.165, 1.54) is 89.2 Å². The molecule has 0 saturated carbocycles. The number of anilines is 1. The van der Waals surface area contributed by atoms with E-state index >= 15 is 0 Å². The van der Waals surface area contributed by atoms with Crippen LogP contribution in [0.2, 0.25) is 0 Å². The number of pyridine rings is 2. The molecule has 0 bridgehead atoms. The smallest absolute Gasteiger partial charge is 0.507 e. The molecule has 0 amide bonds. The summed E-state index contributed by atoms with van der Waals surface area (Å²) in [7, 11) is 0. The van der Waals surface area contributed by atoms with Gasteiger partial charge in [-0.1, -0.05) is 142 Å². The predicted molar refractivity (Wildman–Crippen MR) is 319 cm³/mol.